The molecule has 0 bridgehead atoms. The molecule has 4 heteroatoms. The summed E-state index contributed by atoms with van der Waals surface area (Å²) in [5, 5.41) is 0. The zero-order valence-corrected chi connectivity index (χ0v) is 12.6. The van der Waals surface area contributed by atoms with Gasteiger partial charge in [0, 0.05) is 30.1 Å². The van der Waals surface area contributed by atoms with Crippen LogP contribution in [0, 0.1) is 5.82 Å². The molecule has 1 atom stereocenters. The highest BCUT2D eigenvalue weighted by Crippen LogP contribution is 2.18. The Kier molecular flexibility index (Phi) is 4.76. The quantitative estimate of drug-likeness (QED) is 0.827. The van der Waals surface area contributed by atoms with Gasteiger partial charge in [0.2, 0.25) is 0 Å². The second kappa shape index (κ2) is 6.13. The van der Waals surface area contributed by atoms with Gasteiger partial charge in [-0.2, -0.15) is 0 Å². The van der Waals surface area contributed by atoms with Gasteiger partial charge in [-0.15, -0.1) is 0 Å². The highest BCUT2D eigenvalue weighted by molar-refractivity contribution is 9.10. The van der Waals surface area contributed by atoms with Crippen molar-refractivity contribution >= 4 is 15.9 Å². The summed E-state index contributed by atoms with van der Waals surface area (Å²) in [5.74, 6) is -0.168. The molecule has 1 saturated heterocycles. The molecule has 18 heavy (non-hydrogen) atoms. The van der Waals surface area contributed by atoms with Gasteiger partial charge in [0.1, 0.15) is 5.82 Å². The smallest absolute Gasteiger partial charge is 0.124 e. The third kappa shape index (κ3) is 3.77. The molecule has 0 spiro atoms. The fourth-order valence-corrected chi connectivity index (χ4v) is 3.11. The molecular formula is C14H20BrFN2. The Labute approximate surface area is 117 Å². The lowest BCUT2D eigenvalue weighted by Crippen LogP contribution is -2.37. The molecule has 0 saturated carbocycles. The first-order valence-corrected chi connectivity index (χ1v) is 7.21. The SMILES string of the molecule is CC1CN(C)CCCN1Cc1cc(F)cc(Br)c1. The maximum absolute atomic E-state index is 13.4. The molecule has 0 radical (unpaired) electrons. The van der Waals surface area contributed by atoms with Gasteiger partial charge in [-0.3, -0.25) is 4.90 Å². The van der Waals surface area contributed by atoms with E-state index in [0.717, 1.165) is 36.2 Å². The van der Waals surface area contributed by atoms with Crippen molar-refractivity contribution in [2.75, 3.05) is 26.7 Å². The van der Waals surface area contributed by atoms with Crippen molar-refractivity contribution in [1.29, 1.82) is 0 Å². The third-order valence-electron chi connectivity index (χ3n) is 3.49. The molecule has 2 rings (SSSR count). The van der Waals surface area contributed by atoms with Crippen molar-refractivity contribution in [1.82, 2.24) is 9.80 Å². The second-order valence-electron chi connectivity index (χ2n) is 5.21. The fraction of sp³-hybridized carbons (Fsp3) is 0.571. The molecule has 1 aliphatic rings. The van der Waals surface area contributed by atoms with E-state index in [-0.39, 0.29) is 5.82 Å². The van der Waals surface area contributed by atoms with E-state index in [1.54, 1.807) is 6.07 Å². The van der Waals surface area contributed by atoms with Gasteiger partial charge in [-0.25, -0.2) is 4.39 Å². The average Bonchev–Trinajstić information content (AvgIpc) is 2.39. The Bertz CT molecular complexity index is 391. The summed E-state index contributed by atoms with van der Waals surface area (Å²) in [7, 11) is 2.17. The molecule has 1 aromatic carbocycles. The molecule has 100 valence electrons. The maximum Gasteiger partial charge on any atom is 0.124 e. The number of benzene rings is 1. The van der Waals surface area contributed by atoms with Crippen molar-refractivity contribution < 1.29 is 4.39 Å². The molecular weight excluding hydrogens is 295 g/mol. The summed E-state index contributed by atoms with van der Waals surface area (Å²) in [4.78, 5) is 4.80. The molecule has 1 unspecified atom stereocenters. The molecule has 1 fully saturated rings. The van der Waals surface area contributed by atoms with Gasteiger partial charge in [0.05, 0.1) is 0 Å². The largest absolute Gasteiger partial charge is 0.305 e. The van der Waals surface area contributed by atoms with E-state index in [2.05, 4.69) is 39.7 Å². The van der Waals surface area contributed by atoms with Gasteiger partial charge >= 0.3 is 0 Å². The first-order valence-electron chi connectivity index (χ1n) is 6.42. The van der Waals surface area contributed by atoms with Crippen LogP contribution in [0.1, 0.15) is 18.9 Å². The lowest BCUT2D eigenvalue weighted by Gasteiger charge is -2.28. The van der Waals surface area contributed by atoms with E-state index in [0.29, 0.717) is 6.04 Å². The van der Waals surface area contributed by atoms with E-state index < -0.39 is 0 Å². The van der Waals surface area contributed by atoms with Gasteiger partial charge in [-0.05, 0) is 50.7 Å². The number of nitrogens with zero attached hydrogens (tertiary/aromatic N) is 2. The number of halogens is 2. The van der Waals surface area contributed by atoms with E-state index in [4.69, 9.17) is 0 Å². The van der Waals surface area contributed by atoms with Crippen LogP contribution in [0.2, 0.25) is 0 Å². The van der Waals surface area contributed by atoms with Crippen LogP contribution in [-0.4, -0.2) is 42.5 Å². The number of hydrogen-bond donors (Lipinski definition) is 0. The Morgan fingerprint density at radius 2 is 2.11 bits per heavy atom. The second-order valence-corrected chi connectivity index (χ2v) is 6.13. The zero-order valence-electron chi connectivity index (χ0n) is 11.0. The lowest BCUT2D eigenvalue weighted by molar-refractivity contribution is 0.194. The number of rotatable bonds is 2. The van der Waals surface area contributed by atoms with Gasteiger partial charge in [0.25, 0.3) is 0 Å². The molecule has 0 N–H and O–H groups in total. The molecule has 1 heterocycles. The van der Waals surface area contributed by atoms with E-state index in [1.165, 1.54) is 12.5 Å². The Balaban J connectivity index is 2.07. The lowest BCUT2D eigenvalue weighted by atomic mass is 10.1. The van der Waals surface area contributed by atoms with Gasteiger partial charge in [0.15, 0.2) is 0 Å². The normalized spacial score (nSPS) is 23.0. The summed E-state index contributed by atoms with van der Waals surface area (Å²) >= 11 is 3.35. The van der Waals surface area contributed by atoms with Crippen LogP contribution in [0.5, 0.6) is 0 Å². The molecule has 1 aromatic rings. The van der Waals surface area contributed by atoms with Crippen LogP contribution in [0.3, 0.4) is 0 Å². The van der Waals surface area contributed by atoms with E-state index >= 15 is 0 Å². The first-order chi connectivity index (χ1) is 8.54. The van der Waals surface area contributed by atoms with Crippen LogP contribution in [0.4, 0.5) is 4.39 Å². The standard InChI is InChI=1S/C14H20BrFN2/c1-11-9-17(2)4-3-5-18(11)10-12-6-13(15)8-14(16)7-12/h6-8,11H,3-5,9-10H2,1-2H3. The molecule has 0 aliphatic carbocycles. The summed E-state index contributed by atoms with van der Waals surface area (Å²) < 4.78 is 14.2. The van der Waals surface area contributed by atoms with Crippen molar-refractivity contribution in [3.8, 4) is 0 Å². The Morgan fingerprint density at radius 3 is 2.83 bits per heavy atom. The van der Waals surface area contributed by atoms with Gasteiger partial charge < -0.3 is 4.90 Å². The van der Waals surface area contributed by atoms with E-state index in [9.17, 15) is 4.39 Å². The van der Waals surface area contributed by atoms with Crippen molar-refractivity contribution in [2.24, 2.45) is 0 Å². The number of likely N-dealkylation sites (N-methyl/N-ethyl adjacent to an activating group) is 1. The van der Waals surface area contributed by atoms with Crippen molar-refractivity contribution in [3.63, 3.8) is 0 Å². The van der Waals surface area contributed by atoms with Crippen molar-refractivity contribution in [2.45, 2.75) is 25.9 Å². The monoisotopic (exact) mass is 314 g/mol. The van der Waals surface area contributed by atoms with Crippen LogP contribution in [0.15, 0.2) is 22.7 Å². The summed E-state index contributed by atoms with van der Waals surface area (Å²) in [6.07, 6.45) is 1.18. The Morgan fingerprint density at radius 1 is 1.33 bits per heavy atom. The minimum absolute atomic E-state index is 0.168. The summed E-state index contributed by atoms with van der Waals surface area (Å²) in [5.41, 5.74) is 1.04. The van der Waals surface area contributed by atoms with Crippen LogP contribution in [0.25, 0.3) is 0 Å². The predicted octanol–water partition coefficient (Wildman–Crippen LogP) is 3.11. The van der Waals surface area contributed by atoms with Crippen LogP contribution >= 0.6 is 15.9 Å². The summed E-state index contributed by atoms with van der Waals surface area (Å²) in [6, 6.07) is 5.65. The first kappa shape index (κ1) is 14.0. The Hall–Kier alpha value is -0.450. The van der Waals surface area contributed by atoms with Crippen molar-refractivity contribution in [3.05, 3.63) is 34.1 Å². The highest BCUT2D eigenvalue weighted by Gasteiger charge is 2.19. The summed E-state index contributed by atoms with van der Waals surface area (Å²) in [6.45, 7) is 6.38. The molecule has 1 aliphatic heterocycles. The van der Waals surface area contributed by atoms with E-state index in [1.807, 2.05) is 6.07 Å². The molecule has 0 amide bonds. The topological polar surface area (TPSA) is 6.48 Å². The van der Waals surface area contributed by atoms with Gasteiger partial charge in [-0.1, -0.05) is 15.9 Å². The zero-order chi connectivity index (χ0) is 13.1. The van der Waals surface area contributed by atoms with Crippen LogP contribution in [-0.2, 0) is 6.54 Å². The highest BCUT2D eigenvalue weighted by atomic mass is 79.9. The molecule has 0 aromatic heterocycles. The third-order valence-corrected chi connectivity index (χ3v) is 3.95. The predicted molar refractivity (Wildman–Crippen MR) is 76.1 cm³/mol. The fourth-order valence-electron chi connectivity index (χ4n) is 2.59. The average molecular weight is 315 g/mol. The molecule has 2 nitrogen and oxygen atoms in total. The number of hydrogen-bond acceptors (Lipinski definition) is 2. The van der Waals surface area contributed by atoms with Crippen LogP contribution < -0.4 is 0 Å². The minimum Gasteiger partial charge on any atom is -0.305 e. The minimum atomic E-state index is -0.168. The maximum atomic E-state index is 13.4.